The van der Waals surface area contributed by atoms with Crippen molar-refractivity contribution in [3.63, 3.8) is 0 Å². The maximum Gasteiger partial charge on any atom is 0.273 e. The summed E-state index contributed by atoms with van der Waals surface area (Å²) in [5, 5.41) is 11.3. The standard InChI is InChI=1S/C16H15ClN4O2/c17-13-10-19-21(11-13)8-4-7-18-16(22)14-9-15(23-20-14)12-5-2-1-3-6-12/h1-3,5-6,9-11H,4,7-8H2,(H,18,22). The highest BCUT2D eigenvalue weighted by molar-refractivity contribution is 6.30. The zero-order valence-electron chi connectivity index (χ0n) is 12.3. The van der Waals surface area contributed by atoms with Crippen molar-refractivity contribution in [3.8, 4) is 11.3 Å². The van der Waals surface area contributed by atoms with Crippen LogP contribution in [0.5, 0.6) is 0 Å². The van der Waals surface area contributed by atoms with Crippen molar-refractivity contribution < 1.29 is 9.32 Å². The highest BCUT2D eigenvalue weighted by Crippen LogP contribution is 2.19. The molecule has 0 bridgehead atoms. The lowest BCUT2D eigenvalue weighted by Gasteiger charge is -2.03. The lowest BCUT2D eigenvalue weighted by Crippen LogP contribution is -2.25. The molecule has 0 aliphatic rings. The van der Waals surface area contributed by atoms with Crippen molar-refractivity contribution in [2.75, 3.05) is 6.54 Å². The van der Waals surface area contributed by atoms with Gasteiger partial charge in [-0.3, -0.25) is 9.48 Å². The summed E-state index contributed by atoms with van der Waals surface area (Å²) in [7, 11) is 0. The molecular weight excluding hydrogens is 316 g/mol. The first-order valence-corrected chi connectivity index (χ1v) is 7.58. The van der Waals surface area contributed by atoms with Crippen LogP contribution in [-0.2, 0) is 6.54 Å². The van der Waals surface area contributed by atoms with E-state index in [1.165, 1.54) is 0 Å². The van der Waals surface area contributed by atoms with Crippen LogP contribution in [0.4, 0.5) is 0 Å². The molecule has 0 aliphatic heterocycles. The highest BCUT2D eigenvalue weighted by Gasteiger charge is 2.12. The van der Waals surface area contributed by atoms with Gasteiger partial charge in [0, 0.05) is 30.9 Å². The number of amides is 1. The topological polar surface area (TPSA) is 73.0 Å². The molecule has 2 aromatic heterocycles. The molecule has 0 fully saturated rings. The minimum atomic E-state index is -0.255. The molecule has 7 heteroatoms. The molecule has 0 aliphatic carbocycles. The number of carbonyl (C=O) groups is 1. The van der Waals surface area contributed by atoms with Gasteiger partial charge in [-0.2, -0.15) is 5.10 Å². The van der Waals surface area contributed by atoms with Gasteiger partial charge in [-0.25, -0.2) is 0 Å². The van der Waals surface area contributed by atoms with E-state index in [2.05, 4.69) is 15.6 Å². The van der Waals surface area contributed by atoms with Crippen LogP contribution in [0.2, 0.25) is 5.02 Å². The number of aryl methyl sites for hydroxylation is 1. The Morgan fingerprint density at radius 2 is 2.13 bits per heavy atom. The van der Waals surface area contributed by atoms with Crippen LogP contribution >= 0.6 is 11.6 Å². The zero-order valence-corrected chi connectivity index (χ0v) is 13.0. The number of hydrogen-bond donors (Lipinski definition) is 1. The van der Waals surface area contributed by atoms with Crippen molar-refractivity contribution in [1.82, 2.24) is 20.3 Å². The SMILES string of the molecule is O=C(NCCCn1cc(Cl)cn1)c1cc(-c2ccccc2)on1. The second kappa shape index (κ2) is 7.11. The number of halogens is 1. The highest BCUT2D eigenvalue weighted by atomic mass is 35.5. The summed E-state index contributed by atoms with van der Waals surface area (Å²) in [5.41, 5.74) is 1.15. The number of carbonyl (C=O) groups excluding carboxylic acids is 1. The van der Waals surface area contributed by atoms with Gasteiger partial charge in [-0.1, -0.05) is 47.1 Å². The van der Waals surface area contributed by atoms with Crippen molar-refractivity contribution in [1.29, 1.82) is 0 Å². The molecule has 23 heavy (non-hydrogen) atoms. The van der Waals surface area contributed by atoms with E-state index >= 15 is 0 Å². The molecule has 0 saturated carbocycles. The fourth-order valence-corrected chi connectivity index (χ4v) is 2.27. The van der Waals surface area contributed by atoms with Crippen LogP contribution < -0.4 is 5.32 Å². The maximum atomic E-state index is 12.0. The first-order valence-electron chi connectivity index (χ1n) is 7.20. The van der Waals surface area contributed by atoms with Crippen molar-refractivity contribution >= 4 is 17.5 Å². The predicted molar refractivity (Wildman–Crippen MR) is 86.1 cm³/mol. The van der Waals surface area contributed by atoms with Gasteiger partial charge in [0.05, 0.1) is 11.2 Å². The van der Waals surface area contributed by atoms with E-state index in [0.29, 0.717) is 23.9 Å². The molecule has 118 valence electrons. The quantitative estimate of drug-likeness (QED) is 0.705. The molecule has 3 rings (SSSR count). The first-order chi connectivity index (χ1) is 11.2. The number of nitrogens with zero attached hydrogens (tertiary/aromatic N) is 3. The van der Waals surface area contributed by atoms with E-state index in [9.17, 15) is 4.79 Å². The predicted octanol–water partition coefficient (Wildman–Crippen LogP) is 3.01. The van der Waals surface area contributed by atoms with E-state index in [0.717, 1.165) is 12.0 Å². The van der Waals surface area contributed by atoms with Gasteiger partial charge in [-0.05, 0) is 6.42 Å². The Labute approximate surface area is 138 Å². The smallest absolute Gasteiger partial charge is 0.273 e. The van der Waals surface area contributed by atoms with E-state index < -0.39 is 0 Å². The Bertz CT molecular complexity index is 782. The van der Waals surface area contributed by atoms with Crippen LogP contribution in [-0.4, -0.2) is 27.4 Å². The number of nitrogens with one attached hydrogen (secondary N) is 1. The maximum absolute atomic E-state index is 12.0. The molecule has 1 aromatic carbocycles. The van der Waals surface area contributed by atoms with Gasteiger partial charge >= 0.3 is 0 Å². The minimum Gasteiger partial charge on any atom is -0.355 e. The number of hydrogen-bond acceptors (Lipinski definition) is 4. The van der Waals surface area contributed by atoms with Gasteiger partial charge in [0.15, 0.2) is 11.5 Å². The Balaban J connectivity index is 1.50. The molecule has 0 atom stereocenters. The number of rotatable bonds is 6. The molecule has 0 radical (unpaired) electrons. The lowest BCUT2D eigenvalue weighted by atomic mass is 10.1. The third-order valence-corrected chi connectivity index (χ3v) is 3.45. The Morgan fingerprint density at radius 1 is 1.30 bits per heavy atom. The molecule has 0 saturated heterocycles. The third kappa shape index (κ3) is 3.98. The molecule has 0 unspecified atom stereocenters. The largest absolute Gasteiger partial charge is 0.355 e. The van der Waals surface area contributed by atoms with E-state index in [1.54, 1.807) is 23.1 Å². The Hall–Kier alpha value is -2.60. The first kappa shape index (κ1) is 15.3. The van der Waals surface area contributed by atoms with Crippen molar-refractivity contribution in [3.05, 3.63) is 59.5 Å². The summed E-state index contributed by atoms with van der Waals surface area (Å²) in [6, 6.07) is 11.2. The lowest BCUT2D eigenvalue weighted by molar-refractivity contribution is 0.0943. The van der Waals surface area contributed by atoms with Crippen LogP contribution in [0.1, 0.15) is 16.9 Å². The van der Waals surface area contributed by atoms with E-state index in [-0.39, 0.29) is 11.6 Å². The molecule has 1 N–H and O–H groups in total. The number of aromatic nitrogens is 3. The third-order valence-electron chi connectivity index (χ3n) is 3.25. The summed E-state index contributed by atoms with van der Waals surface area (Å²) >= 11 is 5.78. The fraction of sp³-hybridized carbons (Fsp3) is 0.188. The van der Waals surface area contributed by atoms with E-state index in [4.69, 9.17) is 16.1 Å². The normalized spacial score (nSPS) is 10.7. The number of benzene rings is 1. The Morgan fingerprint density at radius 3 is 2.87 bits per heavy atom. The second-order valence-electron chi connectivity index (χ2n) is 4.97. The summed E-state index contributed by atoms with van der Waals surface area (Å²) in [5.74, 6) is 0.316. The van der Waals surface area contributed by atoms with Crippen LogP contribution in [0.3, 0.4) is 0 Å². The average Bonchev–Trinajstić information content (AvgIpc) is 3.21. The molecule has 0 spiro atoms. The van der Waals surface area contributed by atoms with Crippen molar-refractivity contribution in [2.45, 2.75) is 13.0 Å². The second-order valence-corrected chi connectivity index (χ2v) is 5.41. The van der Waals surface area contributed by atoms with Crippen LogP contribution in [0.15, 0.2) is 53.3 Å². The van der Waals surface area contributed by atoms with E-state index in [1.807, 2.05) is 30.3 Å². The molecule has 1 amide bonds. The molecular formula is C16H15ClN4O2. The van der Waals surface area contributed by atoms with Gasteiger partial charge in [0.2, 0.25) is 0 Å². The van der Waals surface area contributed by atoms with Gasteiger partial charge in [0.25, 0.3) is 5.91 Å². The molecule has 2 heterocycles. The fourth-order valence-electron chi connectivity index (χ4n) is 2.11. The summed E-state index contributed by atoms with van der Waals surface area (Å²) in [4.78, 5) is 12.0. The summed E-state index contributed by atoms with van der Waals surface area (Å²) in [6.07, 6.45) is 4.07. The van der Waals surface area contributed by atoms with Gasteiger partial charge in [0.1, 0.15) is 0 Å². The van der Waals surface area contributed by atoms with Crippen LogP contribution in [0.25, 0.3) is 11.3 Å². The minimum absolute atomic E-state index is 0.255. The summed E-state index contributed by atoms with van der Waals surface area (Å²) < 4.78 is 6.94. The van der Waals surface area contributed by atoms with Gasteiger partial charge in [-0.15, -0.1) is 0 Å². The summed E-state index contributed by atoms with van der Waals surface area (Å²) in [6.45, 7) is 1.20. The van der Waals surface area contributed by atoms with Crippen LogP contribution in [0, 0.1) is 0 Å². The monoisotopic (exact) mass is 330 g/mol. The van der Waals surface area contributed by atoms with Gasteiger partial charge < -0.3 is 9.84 Å². The zero-order chi connectivity index (χ0) is 16.1. The van der Waals surface area contributed by atoms with Crippen molar-refractivity contribution in [2.24, 2.45) is 0 Å². The Kier molecular flexibility index (Phi) is 4.73. The molecule has 3 aromatic rings. The average molecular weight is 331 g/mol. The molecule has 6 nitrogen and oxygen atoms in total.